The summed E-state index contributed by atoms with van der Waals surface area (Å²) in [4.78, 5) is 13.1. The summed E-state index contributed by atoms with van der Waals surface area (Å²) in [5.74, 6) is 0.553. The molecule has 4 rings (SSSR count). The predicted octanol–water partition coefficient (Wildman–Crippen LogP) is 6.09. The predicted molar refractivity (Wildman–Crippen MR) is 137 cm³/mol. The van der Waals surface area contributed by atoms with E-state index in [-0.39, 0.29) is 5.91 Å². The minimum atomic E-state index is -0.775. The van der Waals surface area contributed by atoms with Gasteiger partial charge in [0.2, 0.25) is 0 Å². The van der Waals surface area contributed by atoms with Crippen molar-refractivity contribution in [3.05, 3.63) is 138 Å². The van der Waals surface area contributed by atoms with Gasteiger partial charge in [0.25, 0.3) is 5.91 Å². The molecule has 0 aliphatic heterocycles. The van der Waals surface area contributed by atoms with Crippen molar-refractivity contribution in [2.75, 3.05) is 6.61 Å². The fraction of sp³-hybridized carbons (Fsp3) is 0.167. The quantitative estimate of drug-likeness (QED) is 0.175. The third-order valence-corrected chi connectivity index (χ3v) is 5.87. The number of hydrogen-bond donors (Lipinski definition) is 2. The second kappa shape index (κ2) is 11.3. The number of unbranched alkanes of at least 4 members (excludes halogenated alkanes) is 1. The van der Waals surface area contributed by atoms with Gasteiger partial charge in [0.1, 0.15) is 11.3 Å². The molecule has 0 aromatic heterocycles. The van der Waals surface area contributed by atoms with Crippen molar-refractivity contribution >= 4 is 5.91 Å². The number of amides is 1. The van der Waals surface area contributed by atoms with Crippen LogP contribution in [0.25, 0.3) is 0 Å². The lowest BCUT2D eigenvalue weighted by atomic mass is 9.77. The molecule has 4 nitrogen and oxygen atoms in total. The van der Waals surface area contributed by atoms with Crippen LogP contribution in [0.5, 0.6) is 5.75 Å². The van der Waals surface area contributed by atoms with Crippen molar-refractivity contribution < 1.29 is 9.53 Å². The maximum absolute atomic E-state index is 13.1. The van der Waals surface area contributed by atoms with Gasteiger partial charge >= 0.3 is 0 Å². The summed E-state index contributed by atoms with van der Waals surface area (Å²) in [6, 6.07) is 37.7. The minimum Gasteiger partial charge on any atom is -0.494 e. The summed E-state index contributed by atoms with van der Waals surface area (Å²) >= 11 is 0. The van der Waals surface area contributed by atoms with Gasteiger partial charge in [0.15, 0.2) is 0 Å². The van der Waals surface area contributed by atoms with E-state index in [0.29, 0.717) is 12.2 Å². The van der Waals surface area contributed by atoms with E-state index in [1.165, 1.54) is 0 Å². The Balaban J connectivity index is 1.65. The smallest absolute Gasteiger partial charge is 0.265 e. The molecule has 2 N–H and O–H groups in total. The van der Waals surface area contributed by atoms with Crippen molar-refractivity contribution in [1.82, 2.24) is 10.9 Å². The largest absolute Gasteiger partial charge is 0.494 e. The highest BCUT2D eigenvalue weighted by atomic mass is 16.5. The first-order valence-corrected chi connectivity index (χ1v) is 11.7. The summed E-state index contributed by atoms with van der Waals surface area (Å²) in [6.07, 6.45) is 2.09. The highest BCUT2D eigenvalue weighted by Gasteiger charge is 2.36. The summed E-state index contributed by atoms with van der Waals surface area (Å²) in [5, 5.41) is 0. The number of ether oxygens (including phenoxy) is 1. The van der Waals surface area contributed by atoms with E-state index in [4.69, 9.17) is 4.74 Å². The molecule has 4 heteroatoms. The van der Waals surface area contributed by atoms with Gasteiger partial charge in [-0.15, -0.1) is 0 Å². The number of carbonyl (C=O) groups is 1. The molecule has 4 aromatic carbocycles. The molecule has 0 saturated carbocycles. The summed E-state index contributed by atoms with van der Waals surface area (Å²) in [6.45, 7) is 2.81. The van der Waals surface area contributed by atoms with E-state index < -0.39 is 5.54 Å². The van der Waals surface area contributed by atoms with E-state index in [0.717, 1.165) is 35.3 Å². The van der Waals surface area contributed by atoms with Crippen LogP contribution in [0.1, 0.15) is 46.8 Å². The molecule has 34 heavy (non-hydrogen) atoms. The van der Waals surface area contributed by atoms with Crippen LogP contribution in [0.4, 0.5) is 0 Å². The molecule has 0 atom stereocenters. The molecule has 0 aliphatic rings. The Morgan fingerprint density at radius 3 is 1.62 bits per heavy atom. The van der Waals surface area contributed by atoms with Crippen molar-refractivity contribution in [2.45, 2.75) is 25.3 Å². The van der Waals surface area contributed by atoms with Crippen LogP contribution in [0.3, 0.4) is 0 Å². The number of hydrazine groups is 1. The average Bonchev–Trinajstić information content (AvgIpc) is 2.91. The molecule has 4 aromatic rings. The monoisotopic (exact) mass is 450 g/mol. The molecule has 0 saturated heterocycles. The zero-order valence-electron chi connectivity index (χ0n) is 19.4. The van der Waals surface area contributed by atoms with E-state index >= 15 is 0 Å². The van der Waals surface area contributed by atoms with E-state index in [9.17, 15) is 4.79 Å². The molecule has 0 radical (unpaired) electrons. The average molecular weight is 451 g/mol. The van der Waals surface area contributed by atoms with Gasteiger partial charge in [0, 0.05) is 5.56 Å². The Kier molecular flexibility index (Phi) is 7.74. The van der Waals surface area contributed by atoms with Gasteiger partial charge in [-0.3, -0.25) is 10.2 Å². The summed E-state index contributed by atoms with van der Waals surface area (Å²) < 4.78 is 5.72. The topological polar surface area (TPSA) is 50.4 Å². The Morgan fingerprint density at radius 1 is 0.706 bits per heavy atom. The molecule has 1 amide bonds. The lowest BCUT2D eigenvalue weighted by Gasteiger charge is -2.37. The van der Waals surface area contributed by atoms with Crippen LogP contribution in [-0.4, -0.2) is 12.5 Å². The molecule has 0 heterocycles. The number of benzene rings is 4. The number of carbonyl (C=O) groups excluding carboxylic acids is 1. The maximum Gasteiger partial charge on any atom is 0.265 e. The normalized spacial score (nSPS) is 11.1. The van der Waals surface area contributed by atoms with Crippen LogP contribution < -0.4 is 15.6 Å². The fourth-order valence-electron chi connectivity index (χ4n) is 4.04. The van der Waals surface area contributed by atoms with Gasteiger partial charge in [0.05, 0.1) is 6.61 Å². The highest BCUT2D eigenvalue weighted by molar-refractivity contribution is 5.94. The number of nitrogens with one attached hydrogen (secondary N) is 2. The molecular formula is C30H30N2O2. The zero-order valence-corrected chi connectivity index (χ0v) is 19.4. The molecule has 0 aliphatic carbocycles. The van der Waals surface area contributed by atoms with Gasteiger partial charge < -0.3 is 4.74 Å². The van der Waals surface area contributed by atoms with Crippen LogP contribution in [0, 0.1) is 0 Å². The molecule has 0 fully saturated rings. The second-order valence-corrected chi connectivity index (χ2v) is 8.15. The van der Waals surface area contributed by atoms with Gasteiger partial charge in [-0.2, -0.15) is 0 Å². The highest BCUT2D eigenvalue weighted by Crippen LogP contribution is 2.36. The first-order chi connectivity index (χ1) is 16.7. The van der Waals surface area contributed by atoms with Gasteiger partial charge in [-0.1, -0.05) is 104 Å². The van der Waals surface area contributed by atoms with Crippen molar-refractivity contribution in [2.24, 2.45) is 0 Å². The first-order valence-electron chi connectivity index (χ1n) is 11.7. The van der Waals surface area contributed by atoms with Crippen molar-refractivity contribution in [3.8, 4) is 5.75 Å². The lowest BCUT2D eigenvalue weighted by Crippen LogP contribution is -2.53. The standard InChI is InChI=1S/C30H30N2O2/c1-2-3-23-34-28-21-19-24(20-22-28)29(33)31-32-30(25-13-7-4-8-14-25,26-15-9-5-10-16-26)27-17-11-6-12-18-27/h4-22,32H,2-3,23H2,1H3,(H,31,33). The van der Waals surface area contributed by atoms with Gasteiger partial charge in [-0.25, -0.2) is 5.43 Å². The molecule has 0 bridgehead atoms. The van der Waals surface area contributed by atoms with Crippen LogP contribution >= 0.6 is 0 Å². The number of hydrogen-bond acceptors (Lipinski definition) is 3. The van der Waals surface area contributed by atoms with Crippen LogP contribution in [-0.2, 0) is 5.54 Å². The Morgan fingerprint density at radius 2 is 1.18 bits per heavy atom. The third kappa shape index (κ3) is 5.19. The first kappa shape index (κ1) is 23.3. The SMILES string of the molecule is CCCCOc1ccc(C(=O)NNC(c2ccccc2)(c2ccccc2)c2ccccc2)cc1. The van der Waals surface area contributed by atoms with E-state index in [1.807, 2.05) is 66.7 Å². The molecule has 172 valence electrons. The fourth-order valence-corrected chi connectivity index (χ4v) is 4.04. The Labute approximate surface area is 201 Å². The Bertz CT molecular complexity index is 1060. The van der Waals surface area contributed by atoms with E-state index in [1.54, 1.807) is 12.1 Å². The minimum absolute atomic E-state index is 0.215. The zero-order chi connectivity index (χ0) is 23.6. The maximum atomic E-state index is 13.1. The molecule has 0 spiro atoms. The Hall–Kier alpha value is -3.89. The molecule has 0 unspecified atom stereocenters. The second-order valence-electron chi connectivity index (χ2n) is 8.15. The third-order valence-electron chi connectivity index (χ3n) is 5.87. The molecular weight excluding hydrogens is 420 g/mol. The summed E-state index contributed by atoms with van der Waals surface area (Å²) in [7, 11) is 0. The van der Waals surface area contributed by atoms with Gasteiger partial charge in [-0.05, 0) is 47.4 Å². The lowest BCUT2D eigenvalue weighted by molar-refractivity contribution is 0.0918. The van der Waals surface area contributed by atoms with Crippen molar-refractivity contribution in [3.63, 3.8) is 0 Å². The van der Waals surface area contributed by atoms with Crippen molar-refractivity contribution in [1.29, 1.82) is 0 Å². The van der Waals surface area contributed by atoms with Crippen LogP contribution in [0.2, 0.25) is 0 Å². The van der Waals surface area contributed by atoms with Crippen LogP contribution in [0.15, 0.2) is 115 Å². The van der Waals surface area contributed by atoms with E-state index in [2.05, 4.69) is 54.2 Å². The number of rotatable bonds is 10. The summed E-state index contributed by atoms with van der Waals surface area (Å²) in [5.41, 5.74) is 9.22.